The van der Waals surface area contributed by atoms with Gasteiger partial charge in [0.05, 0.1) is 0 Å². The van der Waals surface area contributed by atoms with Crippen LogP contribution >= 0.6 is 0 Å². The first-order valence-corrected chi connectivity index (χ1v) is 6.24. The molecule has 2 aromatic rings. The van der Waals surface area contributed by atoms with Gasteiger partial charge in [-0.2, -0.15) is 0 Å². The number of hydrogen-bond donors (Lipinski definition) is 1. The predicted octanol–water partition coefficient (Wildman–Crippen LogP) is 2.65. The van der Waals surface area contributed by atoms with E-state index in [2.05, 4.69) is 6.92 Å². The maximum Gasteiger partial charge on any atom is 0.129 e. The van der Waals surface area contributed by atoms with Gasteiger partial charge in [0.25, 0.3) is 0 Å². The van der Waals surface area contributed by atoms with E-state index in [-0.39, 0.29) is 0 Å². The molecule has 0 aliphatic carbocycles. The highest BCUT2D eigenvalue weighted by Crippen LogP contribution is 2.13. The maximum atomic E-state index is 5.55. The lowest BCUT2D eigenvalue weighted by Crippen LogP contribution is -2.01. The molecule has 0 aromatic carbocycles. The minimum Gasteiger partial charge on any atom is -0.464 e. The average molecular weight is 249 g/mol. The van der Waals surface area contributed by atoms with Crippen molar-refractivity contribution in [2.75, 3.05) is 6.54 Å². The van der Waals surface area contributed by atoms with Gasteiger partial charge in [-0.3, -0.25) is 0 Å². The zero-order valence-corrected chi connectivity index (χ0v) is 10.6. The highest BCUT2D eigenvalue weighted by atomic mass is 16.5. The Balaban J connectivity index is 1.77. The highest BCUT2D eigenvalue weighted by molar-refractivity contribution is 5.08. The van der Waals surface area contributed by atoms with Crippen molar-refractivity contribution in [2.45, 2.75) is 33.0 Å². The Morgan fingerprint density at radius 2 is 1.50 bits per heavy atom. The molecule has 0 atom stereocenters. The van der Waals surface area contributed by atoms with Gasteiger partial charge in [0, 0.05) is 12.8 Å². The molecule has 2 aromatic heterocycles. The van der Waals surface area contributed by atoms with Gasteiger partial charge >= 0.3 is 0 Å². The molecule has 2 heterocycles. The molecule has 0 aliphatic rings. The monoisotopic (exact) mass is 249 g/mol. The molecule has 18 heavy (non-hydrogen) atoms. The minimum absolute atomic E-state index is 0.451. The van der Waals surface area contributed by atoms with Crippen molar-refractivity contribution < 1.29 is 13.6 Å². The molecule has 4 heteroatoms. The summed E-state index contributed by atoms with van der Waals surface area (Å²) in [5.41, 5.74) is 5.46. The summed E-state index contributed by atoms with van der Waals surface area (Å²) in [5, 5.41) is 0. The van der Waals surface area contributed by atoms with E-state index in [1.165, 1.54) is 0 Å². The van der Waals surface area contributed by atoms with Crippen LogP contribution < -0.4 is 5.73 Å². The summed E-state index contributed by atoms with van der Waals surface area (Å²) in [6.45, 7) is 3.57. The third kappa shape index (κ3) is 3.48. The molecular formula is C14H19NO3. The Morgan fingerprint density at radius 3 is 2.06 bits per heavy atom. The van der Waals surface area contributed by atoms with Crippen molar-refractivity contribution in [3.63, 3.8) is 0 Å². The molecule has 0 fully saturated rings. The standard InChI is InChI=1S/C14H19NO3/c1-2-11-3-5-13(17-11)9-16-10-14-6-4-12(18-14)7-8-15/h3-6H,2,7-10,15H2,1H3. The van der Waals surface area contributed by atoms with Gasteiger partial charge in [-0.1, -0.05) is 6.92 Å². The van der Waals surface area contributed by atoms with Crippen molar-refractivity contribution in [1.29, 1.82) is 0 Å². The molecule has 0 spiro atoms. The number of furan rings is 2. The van der Waals surface area contributed by atoms with Gasteiger partial charge in [-0.15, -0.1) is 0 Å². The van der Waals surface area contributed by atoms with Crippen LogP contribution in [0, 0.1) is 0 Å². The zero-order valence-electron chi connectivity index (χ0n) is 10.6. The van der Waals surface area contributed by atoms with Crippen LogP contribution in [0.1, 0.15) is 30.0 Å². The number of aryl methyl sites for hydroxylation is 1. The number of rotatable bonds is 7. The van der Waals surface area contributed by atoms with E-state index < -0.39 is 0 Å². The van der Waals surface area contributed by atoms with Crippen LogP contribution in [0.4, 0.5) is 0 Å². The minimum atomic E-state index is 0.451. The van der Waals surface area contributed by atoms with Crippen LogP contribution in [0.2, 0.25) is 0 Å². The number of hydrogen-bond acceptors (Lipinski definition) is 4. The van der Waals surface area contributed by atoms with Crippen molar-refractivity contribution in [1.82, 2.24) is 0 Å². The Hall–Kier alpha value is -1.52. The third-order valence-electron chi connectivity index (χ3n) is 2.66. The molecule has 0 saturated carbocycles. The average Bonchev–Trinajstić information content (AvgIpc) is 2.99. The second-order valence-electron chi connectivity index (χ2n) is 4.12. The van der Waals surface area contributed by atoms with E-state index in [0.717, 1.165) is 35.9 Å². The van der Waals surface area contributed by atoms with Crippen molar-refractivity contribution >= 4 is 0 Å². The van der Waals surface area contributed by atoms with Gasteiger partial charge in [0.2, 0.25) is 0 Å². The molecule has 0 bridgehead atoms. The summed E-state index contributed by atoms with van der Waals surface area (Å²) in [5.74, 6) is 3.56. The SMILES string of the molecule is CCc1ccc(COCc2ccc(CCN)o2)o1. The molecule has 2 N–H and O–H groups in total. The van der Waals surface area contributed by atoms with Crippen LogP contribution in [-0.4, -0.2) is 6.54 Å². The Morgan fingerprint density at radius 1 is 0.944 bits per heavy atom. The second-order valence-corrected chi connectivity index (χ2v) is 4.12. The van der Waals surface area contributed by atoms with Gasteiger partial charge in [-0.05, 0) is 30.8 Å². The fraction of sp³-hybridized carbons (Fsp3) is 0.429. The predicted molar refractivity (Wildman–Crippen MR) is 68.0 cm³/mol. The molecule has 4 nitrogen and oxygen atoms in total. The molecular weight excluding hydrogens is 230 g/mol. The van der Waals surface area contributed by atoms with Crippen LogP contribution in [0.5, 0.6) is 0 Å². The van der Waals surface area contributed by atoms with Crippen LogP contribution in [0.3, 0.4) is 0 Å². The molecule has 0 saturated heterocycles. The lowest BCUT2D eigenvalue weighted by atomic mass is 10.3. The maximum absolute atomic E-state index is 5.55. The van der Waals surface area contributed by atoms with E-state index in [9.17, 15) is 0 Å². The summed E-state index contributed by atoms with van der Waals surface area (Å²) in [6.07, 6.45) is 1.67. The first-order chi connectivity index (χ1) is 8.81. The second kappa shape index (κ2) is 6.42. The molecule has 0 aliphatic heterocycles. The van der Waals surface area contributed by atoms with Gasteiger partial charge in [0.1, 0.15) is 36.3 Å². The Kier molecular flexibility index (Phi) is 4.61. The van der Waals surface area contributed by atoms with E-state index in [1.807, 2.05) is 24.3 Å². The van der Waals surface area contributed by atoms with Gasteiger partial charge in [-0.25, -0.2) is 0 Å². The van der Waals surface area contributed by atoms with Crippen LogP contribution in [0.15, 0.2) is 33.1 Å². The number of ether oxygens (including phenoxy) is 1. The van der Waals surface area contributed by atoms with Crippen molar-refractivity contribution in [3.05, 3.63) is 47.3 Å². The first kappa shape index (κ1) is 12.9. The summed E-state index contributed by atoms with van der Waals surface area (Å²) in [6, 6.07) is 7.78. The van der Waals surface area contributed by atoms with E-state index in [0.29, 0.717) is 19.8 Å². The van der Waals surface area contributed by atoms with E-state index >= 15 is 0 Å². The number of nitrogens with two attached hydrogens (primary N) is 1. The summed E-state index contributed by atoms with van der Waals surface area (Å²) in [4.78, 5) is 0. The van der Waals surface area contributed by atoms with E-state index in [4.69, 9.17) is 19.3 Å². The van der Waals surface area contributed by atoms with Gasteiger partial charge in [0.15, 0.2) is 0 Å². The third-order valence-corrected chi connectivity index (χ3v) is 2.66. The molecule has 0 unspecified atom stereocenters. The van der Waals surface area contributed by atoms with Crippen LogP contribution in [-0.2, 0) is 30.8 Å². The van der Waals surface area contributed by atoms with Crippen LogP contribution in [0.25, 0.3) is 0 Å². The summed E-state index contributed by atoms with van der Waals surface area (Å²) >= 11 is 0. The first-order valence-electron chi connectivity index (χ1n) is 6.24. The Labute approximate surface area is 107 Å². The fourth-order valence-electron chi connectivity index (χ4n) is 1.72. The topological polar surface area (TPSA) is 61.5 Å². The van der Waals surface area contributed by atoms with Crippen molar-refractivity contribution in [2.24, 2.45) is 5.73 Å². The largest absolute Gasteiger partial charge is 0.464 e. The Bertz CT molecular complexity index is 473. The fourth-order valence-corrected chi connectivity index (χ4v) is 1.72. The zero-order chi connectivity index (χ0) is 12.8. The summed E-state index contributed by atoms with van der Waals surface area (Å²) < 4.78 is 16.6. The normalized spacial score (nSPS) is 11.0. The lowest BCUT2D eigenvalue weighted by Gasteiger charge is -1.99. The van der Waals surface area contributed by atoms with Gasteiger partial charge < -0.3 is 19.3 Å². The van der Waals surface area contributed by atoms with Crippen molar-refractivity contribution in [3.8, 4) is 0 Å². The summed E-state index contributed by atoms with van der Waals surface area (Å²) in [7, 11) is 0. The lowest BCUT2D eigenvalue weighted by molar-refractivity contribution is 0.0789. The molecule has 0 radical (unpaired) electrons. The molecule has 0 amide bonds. The smallest absolute Gasteiger partial charge is 0.129 e. The quantitative estimate of drug-likeness (QED) is 0.819. The van der Waals surface area contributed by atoms with E-state index in [1.54, 1.807) is 0 Å². The molecule has 2 rings (SSSR count). The highest BCUT2D eigenvalue weighted by Gasteiger charge is 2.04. The molecule has 98 valence electrons.